The summed E-state index contributed by atoms with van der Waals surface area (Å²) >= 11 is 0. The second kappa shape index (κ2) is 19.2. The van der Waals surface area contributed by atoms with Crippen LogP contribution in [0.3, 0.4) is 0 Å². The van der Waals surface area contributed by atoms with E-state index >= 15 is 4.79 Å². The number of nitrogens with one attached hydrogen (secondary N) is 2. The molecule has 4 aromatic carbocycles. The Morgan fingerprint density at radius 2 is 0.931 bits per heavy atom. The van der Waals surface area contributed by atoms with Gasteiger partial charge < -0.3 is 20.4 Å². The number of rotatable bonds is 12. The van der Waals surface area contributed by atoms with Crippen molar-refractivity contribution in [2.24, 2.45) is 0 Å². The molecule has 2 aliphatic carbocycles. The number of nitrogens with zero attached hydrogens (tertiary/aromatic N) is 8. The Kier molecular flexibility index (Phi) is 12.7. The van der Waals surface area contributed by atoms with E-state index in [1.807, 2.05) is 0 Å². The fourth-order valence-electron chi connectivity index (χ4n) is 14.5. The van der Waals surface area contributed by atoms with Gasteiger partial charge in [-0.05, 0) is 124 Å². The van der Waals surface area contributed by atoms with Crippen molar-refractivity contribution in [3.63, 3.8) is 0 Å². The van der Waals surface area contributed by atoms with Crippen molar-refractivity contribution in [3.8, 4) is 0 Å². The number of ketones is 1. The standard InChI is InChI=1S/C61H76N10O/c1-39-15-21-47-51(39)58(64-37-62-47)70-31-27-68(28-32-70)55(53(49-23-25-60(3,4)66-49)45-19-17-41-11-7-9-13-43(41)35-45)57(72)56(69-29-33-71(34-30-69)59-52-40(2)16-22-48(52)63-38-65-59)54(50-24-26-61(5,6)67-50)46-20-18-42-12-8-10-14-44(42)36-46/h7-14,17-20,35-40,49-50,53-56,66-67H,15-16,21-34H2,1-6H3/t39-,40-,49+,50+,53+,54+,55?,56?/m1/s1. The lowest BCUT2D eigenvalue weighted by molar-refractivity contribution is -0.132. The van der Waals surface area contributed by atoms with Crippen LogP contribution in [0.4, 0.5) is 11.6 Å². The summed E-state index contributed by atoms with van der Waals surface area (Å²) in [4.78, 5) is 47.3. The Morgan fingerprint density at radius 1 is 0.528 bits per heavy atom. The summed E-state index contributed by atoms with van der Waals surface area (Å²) < 4.78 is 0. The number of aromatic nitrogens is 4. The zero-order valence-corrected chi connectivity index (χ0v) is 43.7. The van der Waals surface area contributed by atoms with Crippen molar-refractivity contribution in [2.75, 3.05) is 62.2 Å². The summed E-state index contributed by atoms with van der Waals surface area (Å²) in [5, 5.41) is 13.3. The maximum absolute atomic E-state index is 17.5. The summed E-state index contributed by atoms with van der Waals surface area (Å²) in [7, 11) is 0. The predicted octanol–water partition coefficient (Wildman–Crippen LogP) is 9.55. The Bertz CT molecular complexity index is 2760. The van der Waals surface area contributed by atoms with Crippen molar-refractivity contribution in [1.82, 2.24) is 40.4 Å². The van der Waals surface area contributed by atoms with E-state index in [-0.39, 0.29) is 47.1 Å². The lowest BCUT2D eigenvalue weighted by Crippen LogP contribution is -2.64. The molecule has 6 aromatic rings. The number of carbonyl (C=O) groups is 1. The molecule has 0 radical (unpaired) electrons. The summed E-state index contributed by atoms with van der Waals surface area (Å²) in [6.45, 7) is 20.4. The van der Waals surface area contributed by atoms with Crippen LogP contribution in [-0.2, 0) is 17.6 Å². The number of benzene rings is 4. The molecule has 0 amide bonds. The van der Waals surface area contributed by atoms with Crippen molar-refractivity contribution in [1.29, 1.82) is 0 Å². The van der Waals surface area contributed by atoms with E-state index < -0.39 is 0 Å². The minimum absolute atomic E-state index is 0.0441. The molecule has 6 aliphatic rings. The second-order valence-electron chi connectivity index (χ2n) is 23.9. The van der Waals surface area contributed by atoms with Gasteiger partial charge in [0.2, 0.25) is 0 Å². The molecule has 4 fully saturated rings. The Labute approximate surface area is 427 Å². The minimum atomic E-state index is -0.388. The first-order valence-corrected chi connectivity index (χ1v) is 27.6. The number of hydrogen-bond donors (Lipinski definition) is 2. The molecule has 6 heterocycles. The Morgan fingerprint density at radius 3 is 1.32 bits per heavy atom. The number of fused-ring (bicyclic) bond motifs is 4. The third kappa shape index (κ3) is 9.00. The monoisotopic (exact) mass is 965 g/mol. The van der Waals surface area contributed by atoms with Gasteiger partial charge in [-0.1, -0.05) is 98.8 Å². The largest absolute Gasteiger partial charge is 0.354 e. The van der Waals surface area contributed by atoms with Gasteiger partial charge in [-0.3, -0.25) is 14.6 Å². The van der Waals surface area contributed by atoms with Gasteiger partial charge in [0.15, 0.2) is 5.78 Å². The van der Waals surface area contributed by atoms with E-state index in [0.29, 0.717) is 17.6 Å². The number of piperazine rings is 2. The first kappa shape index (κ1) is 47.7. The molecule has 72 heavy (non-hydrogen) atoms. The molecular formula is C61H76N10O. The minimum Gasteiger partial charge on any atom is -0.354 e. The highest BCUT2D eigenvalue weighted by Gasteiger charge is 2.51. The maximum Gasteiger partial charge on any atom is 0.168 e. The lowest BCUT2D eigenvalue weighted by Gasteiger charge is -2.49. The first-order valence-electron chi connectivity index (χ1n) is 27.6. The number of carbonyl (C=O) groups excluding carboxylic acids is 1. The van der Waals surface area contributed by atoms with Gasteiger partial charge >= 0.3 is 0 Å². The Hall–Kier alpha value is -5.33. The molecule has 8 atom stereocenters. The van der Waals surface area contributed by atoms with Crippen LogP contribution >= 0.6 is 0 Å². The van der Waals surface area contributed by atoms with Gasteiger partial charge in [0.25, 0.3) is 0 Å². The molecule has 0 saturated carbocycles. The zero-order chi connectivity index (χ0) is 49.3. The van der Waals surface area contributed by atoms with Crippen LogP contribution in [0.2, 0.25) is 0 Å². The van der Waals surface area contributed by atoms with Crippen LogP contribution < -0.4 is 20.4 Å². The highest BCUT2D eigenvalue weighted by Crippen LogP contribution is 2.45. The zero-order valence-electron chi connectivity index (χ0n) is 43.7. The van der Waals surface area contributed by atoms with E-state index in [9.17, 15) is 0 Å². The maximum atomic E-state index is 17.5. The molecule has 11 heteroatoms. The van der Waals surface area contributed by atoms with Gasteiger partial charge in [0.1, 0.15) is 24.3 Å². The molecule has 2 unspecified atom stereocenters. The molecule has 4 saturated heterocycles. The average Bonchev–Trinajstić information content (AvgIpc) is 4.18. The molecular weight excluding hydrogens is 889 g/mol. The van der Waals surface area contributed by atoms with Gasteiger partial charge in [0.05, 0.1) is 12.1 Å². The third-order valence-corrected chi connectivity index (χ3v) is 18.3. The fraction of sp³-hybridized carbons (Fsp3) is 0.525. The molecule has 11 nitrogen and oxygen atoms in total. The predicted molar refractivity (Wildman–Crippen MR) is 292 cm³/mol. The number of hydrogen-bond acceptors (Lipinski definition) is 11. The summed E-state index contributed by atoms with van der Waals surface area (Å²) in [5.41, 5.74) is 7.49. The van der Waals surface area contributed by atoms with Crippen molar-refractivity contribution < 1.29 is 4.79 Å². The fourth-order valence-corrected chi connectivity index (χ4v) is 14.5. The van der Waals surface area contributed by atoms with E-state index in [0.717, 1.165) is 115 Å². The highest BCUT2D eigenvalue weighted by atomic mass is 16.1. The first-order chi connectivity index (χ1) is 34.9. The average molecular weight is 965 g/mol. The van der Waals surface area contributed by atoms with E-state index in [1.54, 1.807) is 12.7 Å². The highest BCUT2D eigenvalue weighted by molar-refractivity contribution is 5.92. The molecule has 0 spiro atoms. The summed E-state index contributed by atoms with van der Waals surface area (Å²) in [5.74, 6) is 3.28. The molecule has 2 aromatic heterocycles. The van der Waals surface area contributed by atoms with E-state index in [1.165, 1.54) is 55.2 Å². The SMILES string of the molecule is C[C@@H]1CCc2ncnc(N3CCN(C(C(=O)C([C@@H](c4ccc5ccccc5c4)[C@@H]4CCC(C)(C)N4)N4CCN(c5ncnc6c5[C@H](C)CC6)CC4)[C@@H](c4ccc5ccccc5c4)[C@@H]4CCC(C)(C)N4)CC3)c21. The quantitative estimate of drug-likeness (QED) is 0.123. The van der Waals surface area contributed by atoms with E-state index in [2.05, 4.69) is 157 Å². The summed E-state index contributed by atoms with van der Waals surface area (Å²) in [6.07, 6.45) is 12.0. The third-order valence-electron chi connectivity index (χ3n) is 18.3. The van der Waals surface area contributed by atoms with E-state index in [4.69, 9.17) is 19.9 Å². The van der Waals surface area contributed by atoms with Gasteiger partial charge in [-0.2, -0.15) is 0 Å². The van der Waals surface area contributed by atoms with Crippen LogP contribution in [0.1, 0.15) is 137 Å². The lowest BCUT2D eigenvalue weighted by atomic mass is 9.74. The molecule has 4 aliphatic heterocycles. The smallest absolute Gasteiger partial charge is 0.168 e. The number of Topliss-reactive ketones (excluding diaryl/α,β-unsaturated/α-hetero) is 1. The van der Waals surface area contributed by atoms with Crippen molar-refractivity contribution >= 4 is 39.0 Å². The molecule has 2 N–H and O–H groups in total. The Balaban J connectivity index is 0.996. The van der Waals surface area contributed by atoms with Gasteiger partial charge in [0, 0.05) is 110 Å². The van der Waals surface area contributed by atoms with Crippen LogP contribution in [0.5, 0.6) is 0 Å². The van der Waals surface area contributed by atoms with Crippen molar-refractivity contribution in [2.45, 2.75) is 152 Å². The molecule has 376 valence electrons. The van der Waals surface area contributed by atoms with Gasteiger partial charge in [-0.25, -0.2) is 19.9 Å². The van der Waals surface area contributed by atoms with Crippen LogP contribution in [0, 0.1) is 0 Å². The number of anilines is 2. The summed E-state index contributed by atoms with van der Waals surface area (Å²) in [6, 6.07) is 31.1. The molecule has 12 rings (SSSR count). The van der Waals surface area contributed by atoms with Crippen LogP contribution in [-0.4, -0.2) is 123 Å². The van der Waals surface area contributed by atoms with Crippen LogP contribution in [0.15, 0.2) is 97.6 Å². The van der Waals surface area contributed by atoms with Crippen LogP contribution in [0.25, 0.3) is 21.5 Å². The normalized spacial score (nSPS) is 25.9. The topological polar surface area (TPSA) is 106 Å². The number of aryl methyl sites for hydroxylation is 2. The second-order valence-corrected chi connectivity index (χ2v) is 23.9. The molecule has 0 bridgehead atoms. The van der Waals surface area contributed by atoms with Crippen molar-refractivity contribution in [3.05, 3.63) is 131 Å². The van der Waals surface area contributed by atoms with Gasteiger partial charge in [-0.15, -0.1) is 0 Å².